The lowest BCUT2D eigenvalue weighted by Crippen LogP contribution is -2.37. The number of aromatic nitrogens is 2. The molecule has 0 saturated carbocycles. The Morgan fingerprint density at radius 1 is 1.26 bits per heavy atom. The van der Waals surface area contributed by atoms with Crippen LogP contribution in [0.2, 0.25) is 0 Å². The number of likely N-dealkylation sites (N-methyl/N-ethyl adjacent to an activating group) is 1. The number of fused-ring (bicyclic) bond motifs is 1. The first-order chi connectivity index (χ1) is 11.1. The van der Waals surface area contributed by atoms with E-state index in [2.05, 4.69) is 63.9 Å². The summed E-state index contributed by atoms with van der Waals surface area (Å²) in [5.74, 6) is 0. The summed E-state index contributed by atoms with van der Waals surface area (Å²) in [7, 11) is 4.26. The first-order valence-corrected chi connectivity index (χ1v) is 8.45. The Balaban J connectivity index is 1.51. The number of rotatable bonds is 6. The van der Waals surface area contributed by atoms with Crippen LogP contribution in [0.5, 0.6) is 0 Å². The fraction of sp³-hybridized carbons (Fsp3) is 0.500. The molecule has 1 aromatic carbocycles. The quantitative estimate of drug-likeness (QED) is 0.645. The summed E-state index contributed by atoms with van der Waals surface area (Å²) in [5.41, 5.74) is 9.61. The summed E-state index contributed by atoms with van der Waals surface area (Å²) in [5, 5.41) is 0. The molecular weight excluding hydrogens is 286 g/mol. The van der Waals surface area contributed by atoms with E-state index in [4.69, 9.17) is 5.73 Å². The molecule has 0 radical (unpaired) electrons. The van der Waals surface area contributed by atoms with Crippen molar-refractivity contribution in [1.29, 1.82) is 0 Å². The van der Waals surface area contributed by atoms with Gasteiger partial charge in [-0.1, -0.05) is 6.07 Å². The standard InChI is InChI=1S/C18H28N5/c1-20(8-11-22-12-9-21(2)15-22)10-13-23-7-3-4-16-5-6-17(19)14-18(16)23/h5-6,9,12,14-15H,3-4,7-8,10-11,13,19H2,1-2H3/q+1. The summed E-state index contributed by atoms with van der Waals surface area (Å²) in [6.07, 6.45) is 8.73. The molecule has 2 aromatic rings. The second-order valence-electron chi connectivity index (χ2n) is 6.60. The molecule has 0 aliphatic carbocycles. The Morgan fingerprint density at radius 2 is 2.09 bits per heavy atom. The molecule has 0 atom stereocenters. The number of anilines is 2. The van der Waals surface area contributed by atoms with Gasteiger partial charge in [0.2, 0.25) is 6.33 Å². The van der Waals surface area contributed by atoms with Gasteiger partial charge in [0.25, 0.3) is 0 Å². The van der Waals surface area contributed by atoms with Crippen molar-refractivity contribution in [2.24, 2.45) is 7.05 Å². The number of nitrogens with two attached hydrogens (primary N) is 1. The molecule has 1 aliphatic rings. The fourth-order valence-corrected chi connectivity index (χ4v) is 3.22. The van der Waals surface area contributed by atoms with Crippen LogP contribution in [0, 0.1) is 0 Å². The van der Waals surface area contributed by atoms with Crippen LogP contribution in [0.1, 0.15) is 12.0 Å². The van der Waals surface area contributed by atoms with Gasteiger partial charge in [-0.05, 0) is 37.6 Å². The van der Waals surface area contributed by atoms with E-state index >= 15 is 0 Å². The highest BCUT2D eigenvalue weighted by Crippen LogP contribution is 2.28. The Labute approximate surface area is 138 Å². The van der Waals surface area contributed by atoms with Crippen LogP contribution in [0.25, 0.3) is 0 Å². The minimum absolute atomic E-state index is 0.865. The third-order valence-corrected chi connectivity index (χ3v) is 4.64. The first-order valence-electron chi connectivity index (χ1n) is 8.45. The van der Waals surface area contributed by atoms with Crippen LogP contribution in [-0.2, 0) is 20.0 Å². The minimum atomic E-state index is 0.865. The average Bonchev–Trinajstić information content (AvgIpc) is 2.96. The molecule has 0 bridgehead atoms. The summed E-state index contributed by atoms with van der Waals surface area (Å²) in [6, 6.07) is 6.34. The number of hydrogen-bond donors (Lipinski definition) is 1. The third kappa shape index (κ3) is 4.05. The van der Waals surface area contributed by atoms with Gasteiger partial charge >= 0.3 is 0 Å². The van der Waals surface area contributed by atoms with Crippen LogP contribution < -0.4 is 15.2 Å². The van der Waals surface area contributed by atoms with Gasteiger partial charge < -0.3 is 15.5 Å². The molecule has 0 saturated heterocycles. The molecule has 0 fully saturated rings. The molecule has 2 N–H and O–H groups in total. The number of hydrogen-bond acceptors (Lipinski definition) is 3. The highest BCUT2D eigenvalue weighted by atomic mass is 15.2. The first kappa shape index (κ1) is 15.9. The maximum atomic E-state index is 5.97. The maximum absolute atomic E-state index is 5.97. The van der Waals surface area contributed by atoms with Crippen LogP contribution in [0.4, 0.5) is 11.4 Å². The minimum Gasteiger partial charge on any atom is -0.399 e. The van der Waals surface area contributed by atoms with E-state index in [0.29, 0.717) is 0 Å². The number of benzene rings is 1. The zero-order chi connectivity index (χ0) is 16.2. The summed E-state index contributed by atoms with van der Waals surface area (Å²) < 4.78 is 4.31. The van der Waals surface area contributed by atoms with Crippen molar-refractivity contribution in [2.75, 3.05) is 43.9 Å². The van der Waals surface area contributed by atoms with Gasteiger partial charge in [-0.3, -0.25) is 0 Å². The number of aryl methyl sites for hydroxylation is 2. The molecule has 0 spiro atoms. The Bertz CT molecular complexity index is 649. The Hall–Kier alpha value is -2.01. The normalized spacial score (nSPS) is 14.3. The molecule has 124 valence electrons. The van der Waals surface area contributed by atoms with Crippen LogP contribution in [0.3, 0.4) is 0 Å². The van der Waals surface area contributed by atoms with Gasteiger partial charge in [-0.2, -0.15) is 0 Å². The molecule has 2 heterocycles. The monoisotopic (exact) mass is 314 g/mol. The molecule has 23 heavy (non-hydrogen) atoms. The molecule has 3 rings (SSSR count). The zero-order valence-corrected chi connectivity index (χ0v) is 14.3. The van der Waals surface area contributed by atoms with E-state index in [9.17, 15) is 0 Å². The number of imidazole rings is 1. The van der Waals surface area contributed by atoms with Gasteiger partial charge in [0, 0.05) is 37.6 Å². The van der Waals surface area contributed by atoms with E-state index < -0.39 is 0 Å². The lowest BCUT2D eigenvalue weighted by molar-refractivity contribution is -0.671. The van der Waals surface area contributed by atoms with Crippen molar-refractivity contribution >= 4 is 11.4 Å². The molecule has 0 amide bonds. The van der Waals surface area contributed by atoms with Crippen molar-refractivity contribution in [3.63, 3.8) is 0 Å². The average molecular weight is 314 g/mol. The Morgan fingerprint density at radius 3 is 2.87 bits per heavy atom. The van der Waals surface area contributed by atoms with Crippen molar-refractivity contribution in [3.05, 3.63) is 42.5 Å². The van der Waals surface area contributed by atoms with Gasteiger partial charge in [0.05, 0.1) is 7.05 Å². The van der Waals surface area contributed by atoms with E-state index in [1.54, 1.807) is 0 Å². The van der Waals surface area contributed by atoms with E-state index in [1.807, 2.05) is 6.07 Å². The topological polar surface area (TPSA) is 41.3 Å². The zero-order valence-electron chi connectivity index (χ0n) is 14.3. The van der Waals surface area contributed by atoms with E-state index in [-0.39, 0.29) is 0 Å². The van der Waals surface area contributed by atoms with Crippen molar-refractivity contribution in [2.45, 2.75) is 19.4 Å². The molecule has 1 aromatic heterocycles. The fourth-order valence-electron chi connectivity index (χ4n) is 3.22. The predicted molar refractivity (Wildman–Crippen MR) is 94.5 cm³/mol. The number of nitrogens with zero attached hydrogens (tertiary/aromatic N) is 4. The Kier molecular flexibility index (Phi) is 4.86. The lowest BCUT2D eigenvalue weighted by atomic mass is 10.0. The van der Waals surface area contributed by atoms with E-state index in [1.165, 1.54) is 24.1 Å². The van der Waals surface area contributed by atoms with Crippen molar-refractivity contribution in [1.82, 2.24) is 9.47 Å². The van der Waals surface area contributed by atoms with Crippen LogP contribution >= 0.6 is 0 Å². The summed E-state index contributed by atoms with van der Waals surface area (Å²) in [6.45, 7) is 5.36. The van der Waals surface area contributed by atoms with Crippen molar-refractivity contribution < 1.29 is 4.57 Å². The lowest BCUT2D eigenvalue weighted by Gasteiger charge is -2.32. The van der Waals surface area contributed by atoms with Crippen LogP contribution in [-0.4, -0.2) is 42.7 Å². The highest BCUT2D eigenvalue weighted by molar-refractivity contribution is 5.62. The molecule has 5 nitrogen and oxygen atoms in total. The maximum Gasteiger partial charge on any atom is 0.243 e. The van der Waals surface area contributed by atoms with Gasteiger partial charge in [-0.25, -0.2) is 9.13 Å². The third-order valence-electron chi connectivity index (χ3n) is 4.64. The predicted octanol–water partition coefficient (Wildman–Crippen LogP) is 1.28. The molecule has 0 unspecified atom stereocenters. The van der Waals surface area contributed by atoms with E-state index in [0.717, 1.165) is 38.4 Å². The molecule has 1 aliphatic heterocycles. The van der Waals surface area contributed by atoms with Crippen molar-refractivity contribution in [3.8, 4) is 0 Å². The molecular formula is C18H28N5+. The summed E-state index contributed by atoms with van der Waals surface area (Å²) >= 11 is 0. The SMILES string of the molecule is CN(CCN1CCCc2ccc(N)cc21)CCn1cc[n+](C)c1. The smallest absolute Gasteiger partial charge is 0.243 e. The highest BCUT2D eigenvalue weighted by Gasteiger charge is 2.17. The number of nitrogen functional groups attached to an aromatic ring is 1. The van der Waals surface area contributed by atoms with Gasteiger partial charge in [0.1, 0.15) is 18.9 Å². The molecule has 5 heteroatoms. The van der Waals surface area contributed by atoms with Gasteiger partial charge in [-0.15, -0.1) is 0 Å². The second kappa shape index (κ2) is 7.04. The van der Waals surface area contributed by atoms with Gasteiger partial charge in [0.15, 0.2) is 0 Å². The largest absolute Gasteiger partial charge is 0.399 e. The van der Waals surface area contributed by atoms with Crippen LogP contribution in [0.15, 0.2) is 36.9 Å². The second-order valence-corrected chi connectivity index (χ2v) is 6.60. The summed E-state index contributed by atoms with van der Waals surface area (Å²) in [4.78, 5) is 4.89.